The molecule has 0 aliphatic carbocycles. The van der Waals surface area contributed by atoms with Gasteiger partial charge in [-0.2, -0.15) is 0 Å². The molecule has 6 heteroatoms. The lowest BCUT2D eigenvalue weighted by molar-refractivity contribution is -0.132. The second-order valence-electron chi connectivity index (χ2n) is 7.98. The lowest BCUT2D eigenvalue weighted by Crippen LogP contribution is -2.50. The molecule has 1 fully saturated rings. The van der Waals surface area contributed by atoms with Crippen LogP contribution in [0.2, 0.25) is 0 Å². The molecule has 166 valence electrons. The molecule has 1 aromatic heterocycles. The van der Waals surface area contributed by atoms with E-state index in [0.717, 1.165) is 49.7 Å². The van der Waals surface area contributed by atoms with Crippen molar-refractivity contribution in [3.05, 3.63) is 95.8 Å². The molecule has 6 nitrogen and oxygen atoms in total. The van der Waals surface area contributed by atoms with Crippen LogP contribution in [0, 0.1) is 0 Å². The zero-order chi connectivity index (χ0) is 22.2. The molecule has 1 amide bonds. The SMILES string of the molecule is COc1ccc(CN2CCN(C(=O)CNC(c3ccccc3)c3ccccn3)CC2)cc1. The van der Waals surface area contributed by atoms with Crippen LogP contribution in [-0.2, 0) is 11.3 Å². The number of pyridine rings is 1. The molecule has 1 N–H and O–H groups in total. The maximum absolute atomic E-state index is 12.9. The van der Waals surface area contributed by atoms with Gasteiger partial charge < -0.3 is 9.64 Å². The normalized spacial score (nSPS) is 15.3. The molecular weight excluding hydrogens is 400 g/mol. The monoisotopic (exact) mass is 430 g/mol. The number of ether oxygens (including phenoxy) is 1. The van der Waals surface area contributed by atoms with E-state index in [4.69, 9.17) is 4.74 Å². The van der Waals surface area contributed by atoms with Crippen LogP contribution in [-0.4, -0.2) is 60.5 Å². The van der Waals surface area contributed by atoms with Gasteiger partial charge in [0.1, 0.15) is 5.75 Å². The van der Waals surface area contributed by atoms with Gasteiger partial charge in [0.15, 0.2) is 0 Å². The Bertz CT molecular complexity index is 932. The summed E-state index contributed by atoms with van der Waals surface area (Å²) in [4.78, 5) is 21.8. The third-order valence-corrected chi connectivity index (χ3v) is 5.86. The molecule has 0 spiro atoms. The Morgan fingerprint density at radius 3 is 2.34 bits per heavy atom. The van der Waals surface area contributed by atoms with Gasteiger partial charge in [-0.1, -0.05) is 48.5 Å². The molecule has 4 rings (SSSR count). The summed E-state index contributed by atoms with van der Waals surface area (Å²) in [6, 6.07) is 24.1. The molecule has 1 unspecified atom stereocenters. The van der Waals surface area contributed by atoms with Crippen molar-refractivity contribution in [3.63, 3.8) is 0 Å². The summed E-state index contributed by atoms with van der Waals surface area (Å²) >= 11 is 0. The molecule has 2 heterocycles. The van der Waals surface area contributed by atoms with Crippen LogP contribution in [0.5, 0.6) is 5.75 Å². The number of carbonyl (C=O) groups is 1. The molecule has 1 saturated heterocycles. The van der Waals surface area contributed by atoms with E-state index in [-0.39, 0.29) is 18.5 Å². The highest BCUT2D eigenvalue weighted by molar-refractivity contribution is 5.78. The number of piperazine rings is 1. The maximum atomic E-state index is 12.9. The molecule has 2 aromatic carbocycles. The van der Waals surface area contributed by atoms with Gasteiger partial charge in [0.25, 0.3) is 0 Å². The smallest absolute Gasteiger partial charge is 0.236 e. The van der Waals surface area contributed by atoms with E-state index >= 15 is 0 Å². The number of rotatable bonds is 8. The number of nitrogens with one attached hydrogen (secondary N) is 1. The molecular formula is C26H30N4O2. The summed E-state index contributed by atoms with van der Waals surface area (Å²) in [7, 11) is 1.68. The van der Waals surface area contributed by atoms with Crippen molar-refractivity contribution in [3.8, 4) is 5.75 Å². The number of hydrogen-bond acceptors (Lipinski definition) is 5. The van der Waals surface area contributed by atoms with Gasteiger partial charge in [0.2, 0.25) is 5.91 Å². The summed E-state index contributed by atoms with van der Waals surface area (Å²) in [6.45, 7) is 4.42. The van der Waals surface area contributed by atoms with E-state index in [1.807, 2.05) is 53.4 Å². The minimum atomic E-state index is -0.113. The lowest BCUT2D eigenvalue weighted by Gasteiger charge is -2.35. The van der Waals surface area contributed by atoms with Crippen LogP contribution in [0.1, 0.15) is 22.9 Å². The van der Waals surface area contributed by atoms with Crippen LogP contribution < -0.4 is 10.1 Å². The van der Waals surface area contributed by atoms with Crippen molar-refractivity contribution in [2.45, 2.75) is 12.6 Å². The van der Waals surface area contributed by atoms with Crippen LogP contribution >= 0.6 is 0 Å². The maximum Gasteiger partial charge on any atom is 0.236 e. The fourth-order valence-electron chi connectivity index (χ4n) is 4.03. The second kappa shape index (κ2) is 10.9. The highest BCUT2D eigenvalue weighted by atomic mass is 16.5. The lowest BCUT2D eigenvalue weighted by atomic mass is 10.0. The van der Waals surface area contributed by atoms with Crippen molar-refractivity contribution in [1.29, 1.82) is 0 Å². The van der Waals surface area contributed by atoms with Gasteiger partial charge in [-0.3, -0.25) is 20.0 Å². The second-order valence-corrected chi connectivity index (χ2v) is 7.98. The van der Waals surface area contributed by atoms with E-state index in [0.29, 0.717) is 0 Å². The van der Waals surface area contributed by atoms with Crippen molar-refractivity contribution >= 4 is 5.91 Å². The summed E-state index contributed by atoms with van der Waals surface area (Å²) in [5, 5.41) is 3.43. The minimum Gasteiger partial charge on any atom is -0.497 e. The first kappa shape index (κ1) is 22.0. The number of methoxy groups -OCH3 is 1. The number of carbonyl (C=O) groups excluding carboxylic acids is 1. The third-order valence-electron chi connectivity index (χ3n) is 5.86. The zero-order valence-electron chi connectivity index (χ0n) is 18.5. The summed E-state index contributed by atoms with van der Waals surface area (Å²) in [5.74, 6) is 1.00. The third kappa shape index (κ3) is 5.72. The van der Waals surface area contributed by atoms with Gasteiger partial charge in [0, 0.05) is 38.9 Å². The van der Waals surface area contributed by atoms with Gasteiger partial charge >= 0.3 is 0 Å². The van der Waals surface area contributed by atoms with Crippen molar-refractivity contribution in [2.24, 2.45) is 0 Å². The number of amides is 1. The summed E-state index contributed by atoms with van der Waals surface area (Å²) < 4.78 is 5.23. The summed E-state index contributed by atoms with van der Waals surface area (Å²) in [6.07, 6.45) is 1.79. The Kier molecular flexibility index (Phi) is 7.48. The van der Waals surface area contributed by atoms with E-state index in [2.05, 4.69) is 39.5 Å². The fraction of sp³-hybridized carbons (Fsp3) is 0.308. The number of hydrogen-bond donors (Lipinski definition) is 1. The molecule has 0 bridgehead atoms. The van der Waals surface area contributed by atoms with E-state index in [1.165, 1.54) is 5.56 Å². The van der Waals surface area contributed by atoms with Crippen LogP contribution in [0.25, 0.3) is 0 Å². The topological polar surface area (TPSA) is 57.7 Å². The van der Waals surface area contributed by atoms with Crippen molar-refractivity contribution in [2.75, 3.05) is 39.8 Å². The number of nitrogens with zero attached hydrogens (tertiary/aromatic N) is 3. The average molecular weight is 431 g/mol. The average Bonchev–Trinajstić information content (AvgIpc) is 2.86. The quantitative estimate of drug-likeness (QED) is 0.595. The van der Waals surface area contributed by atoms with E-state index in [1.54, 1.807) is 13.3 Å². The van der Waals surface area contributed by atoms with Crippen LogP contribution in [0.3, 0.4) is 0 Å². The predicted molar refractivity (Wildman–Crippen MR) is 125 cm³/mol. The standard InChI is InChI=1S/C26H30N4O2/c1-32-23-12-10-21(11-13-23)20-29-15-17-30(18-16-29)25(31)19-28-26(22-7-3-2-4-8-22)24-9-5-6-14-27-24/h2-14,26,28H,15-20H2,1H3. The minimum absolute atomic E-state index is 0.113. The van der Waals surface area contributed by atoms with E-state index in [9.17, 15) is 4.79 Å². The fourth-order valence-corrected chi connectivity index (χ4v) is 4.03. The van der Waals surface area contributed by atoms with Gasteiger partial charge in [-0.15, -0.1) is 0 Å². The first-order chi connectivity index (χ1) is 15.7. The Hall–Kier alpha value is -3.22. The number of aromatic nitrogens is 1. The van der Waals surface area contributed by atoms with Crippen molar-refractivity contribution in [1.82, 2.24) is 20.1 Å². The molecule has 32 heavy (non-hydrogen) atoms. The first-order valence-corrected chi connectivity index (χ1v) is 11.1. The predicted octanol–water partition coefficient (Wildman–Crippen LogP) is 3.11. The Labute approximate surface area is 189 Å². The first-order valence-electron chi connectivity index (χ1n) is 11.1. The molecule has 1 atom stereocenters. The molecule has 1 aliphatic rings. The highest BCUT2D eigenvalue weighted by Gasteiger charge is 2.23. The number of benzene rings is 2. The van der Waals surface area contributed by atoms with Crippen LogP contribution in [0.4, 0.5) is 0 Å². The highest BCUT2D eigenvalue weighted by Crippen LogP contribution is 2.20. The molecule has 0 saturated carbocycles. The molecule has 3 aromatic rings. The molecule has 1 aliphatic heterocycles. The zero-order valence-corrected chi connectivity index (χ0v) is 18.5. The van der Waals surface area contributed by atoms with Crippen LogP contribution in [0.15, 0.2) is 79.0 Å². The van der Waals surface area contributed by atoms with Crippen molar-refractivity contribution < 1.29 is 9.53 Å². The van der Waals surface area contributed by atoms with Gasteiger partial charge in [0.05, 0.1) is 25.4 Å². The van der Waals surface area contributed by atoms with Gasteiger partial charge in [-0.25, -0.2) is 0 Å². The van der Waals surface area contributed by atoms with Gasteiger partial charge in [-0.05, 0) is 35.4 Å². The Balaban J connectivity index is 1.30. The molecule has 0 radical (unpaired) electrons. The summed E-state index contributed by atoms with van der Waals surface area (Å²) in [5.41, 5.74) is 3.27. The Morgan fingerprint density at radius 1 is 0.969 bits per heavy atom. The Morgan fingerprint density at radius 2 is 1.69 bits per heavy atom. The van der Waals surface area contributed by atoms with E-state index < -0.39 is 0 Å². The largest absolute Gasteiger partial charge is 0.497 e.